The summed E-state index contributed by atoms with van der Waals surface area (Å²) in [5.74, 6) is -1.11. The standard InChI is InChI=1S/C20H15N5O5S/c26-18(10-30-19(27)9-24-12-21-15-6-1-2-7-17(15)24)23-20-22-16(11-31-20)13-4-3-5-14(8-13)25(28)29/h1-8,11-12H,9-10H2,(H,22,23,26). The second-order valence-electron chi connectivity index (χ2n) is 6.42. The van der Waals surface area contributed by atoms with Crippen molar-refractivity contribution in [3.05, 3.63) is 70.4 Å². The summed E-state index contributed by atoms with van der Waals surface area (Å²) in [6.07, 6.45) is 1.54. The van der Waals surface area contributed by atoms with Gasteiger partial charge in [0, 0.05) is 23.1 Å². The minimum absolute atomic E-state index is 0.0475. The average molecular weight is 437 g/mol. The quantitative estimate of drug-likeness (QED) is 0.267. The van der Waals surface area contributed by atoms with Gasteiger partial charge in [0.05, 0.1) is 28.0 Å². The first-order chi connectivity index (χ1) is 15.0. The maximum atomic E-state index is 12.1. The van der Waals surface area contributed by atoms with E-state index in [1.807, 2.05) is 24.3 Å². The van der Waals surface area contributed by atoms with Gasteiger partial charge in [0.2, 0.25) is 0 Å². The van der Waals surface area contributed by atoms with Crippen molar-refractivity contribution in [3.8, 4) is 11.3 Å². The summed E-state index contributed by atoms with van der Waals surface area (Å²) in [6.45, 7) is -0.529. The zero-order valence-corrected chi connectivity index (χ0v) is 16.7. The minimum Gasteiger partial charge on any atom is -0.454 e. The van der Waals surface area contributed by atoms with Crippen molar-refractivity contribution < 1.29 is 19.2 Å². The Labute approximate surface area is 179 Å². The van der Waals surface area contributed by atoms with Crippen LogP contribution in [0.2, 0.25) is 0 Å². The Hall–Kier alpha value is -4.12. The number of nitrogens with zero attached hydrogens (tertiary/aromatic N) is 4. The first kappa shape index (κ1) is 20.2. The van der Waals surface area contributed by atoms with Gasteiger partial charge in [-0.2, -0.15) is 0 Å². The van der Waals surface area contributed by atoms with Gasteiger partial charge in [0.25, 0.3) is 11.6 Å². The van der Waals surface area contributed by atoms with Crippen molar-refractivity contribution in [1.29, 1.82) is 0 Å². The number of aromatic nitrogens is 3. The molecule has 0 saturated carbocycles. The Morgan fingerprint density at radius 1 is 1.19 bits per heavy atom. The average Bonchev–Trinajstić information content (AvgIpc) is 3.40. The number of non-ortho nitro benzene ring substituents is 1. The Kier molecular flexibility index (Phi) is 5.67. The molecule has 2 aromatic carbocycles. The number of nitro groups is 1. The van der Waals surface area contributed by atoms with Crippen LogP contribution in [0.15, 0.2) is 60.2 Å². The Morgan fingerprint density at radius 3 is 2.87 bits per heavy atom. The lowest BCUT2D eigenvalue weighted by Gasteiger charge is -2.06. The molecule has 0 unspecified atom stereocenters. The van der Waals surface area contributed by atoms with E-state index in [1.165, 1.54) is 18.5 Å². The number of rotatable bonds is 7. The van der Waals surface area contributed by atoms with Crippen LogP contribution in [0.4, 0.5) is 10.8 Å². The summed E-state index contributed by atoms with van der Waals surface area (Å²) >= 11 is 1.16. The Morgan fingerprint density at radius 2 is 2.03 bits per heavy atom. The first-order valence-corrected chi connectivity index (χ1v) is 9.93. The smallest absolute Gasteiger partial charge is 0.326 e. The van der Waals surface area contributed by atoms with Crippen molar-refractivity contribution in [2.24, 2.45) is 0 Å². The van der Waals surface area contributed by atoms with E-state index < -0.39 is 23.4 Å². The molecule has 11 heteroatoms. The van der Waals surface area contributed by atoms with Crippen LogP contribution in [0, 0.1) is 10.1 Å². The summed E-state index contributed by atoms with van der Waals surface area (Å²) in [4.78, 5) is 43.0. The maximum Gasteiger partial charge on any atom is 0.326 e. The van der Waals surface area contributed by atoms with Crippen LogP contribution >= 0.6 is 11.3 Å². The van der Waals surface area contributed by atoms with Crippen molar-refractivity contribution in [2.45, 2.75) is 6.54 Å². The zero-order valence-electron chi connectivity index (χ0n) is 15.9. The number of para-hydroxylation sites is 2. The predicted molar refractivity (Wildman–Crippen MR) is 114 cm³/mol. The van der Waals surface area contributed by atoms with Crippen molar-refractivity contribution >= 4 is 45.1 Å². The molecule has 1 amide bonds. The fourth-order valence-corrected chi connectivity index (χ4v) is 3.60. The number of esters is 1. The van der Waals surface area contributed by atoms with E-state index in [4.69, 9.17) is 4.74 Å². The number of thiazole rings is 1. The molecule has 0 aliphatic carbocycles. The molecule has 156 valence electrons. The topological polar surface area (TPSA) is 129 Å². The van der Waals surface area contributed by atoms with Crippen LogP contribution in [0.25, 0.3) is 22.3 Å². The number of imidazole rings is 1. The summed E-state index contributed by atoms with van der Waals surface area (Å²) < 4.78 is 6.67. The van der Waals surface area contributed by atoms with E-state index in [1.54, 1.807) is 22.1 Å². The molecule has 2 aromatic heterocycles. The highest BCUT2D eigenvalue weighted by Gasteiger charge is 2.14. The minimum atomic E-state index is -0.574. The lowest BCUT2D eigenvalue weighted by molar-refractivity contribution is -0.384. The molecular formula is C20H15N5O5S. The molecule has 0 aliphatic heterocycles. The van der Waals surface area contributed by atoms with E-state index in [0.29, 0.717) is 16.4 Å². The number of hydrogen-bond acceptors (Lipinski definition) is 8. The number of carbonyl (C=O) groups is 2. The summed E-state index contributed by atoms with van der Waals surface area (Å²) in [7, 11) is 0. The van der Waals surface area contributed by atoms with E-state index in [2.05, 4.69) is 15.3 Å². The Balaban J connectivity index is 1.31. The highest BCUT2D eigenvalue weighted by atomic mass is 32.1. The zero-order chi connectivity index (χ0) is 21.8. The number of amides is 1. The van der Waals surface area contributed by atoms with Gasteiger partial charge in [-0.25, -0.2) is 9.97 Å². The van der Waals surface area contributed by atoms with Crippen molar-refractivity contribution in [2.75, 3.05) is 11.9 Å². The molecule has 1 N–H and O–H groups in total. The van der Waals surface area contributed by atoms with Gasteiger partial charge < -0.3 is 9.30 Å². The maximum absolute atomic E-state index is 12.1. The molecule has 0 atom stereocenters. The van der Waals surface area contributed by atoms with Crippen LogP contribution in [0.1, 0.15) is 0 Å². The molecule has 31 heavy (non-hydrogen) atoms. The van der Waals surface area contributed by atoms with Gasteiger partial charge in [0.15, 0.2) is 11.7 Å². The number of fused-ring (bicyclic) bond motifs is 1. The fourth-order valence-electron chi connectivity index (χ4n) is 2.86. The number of carbonyl (C=O) groups excluding carboxylic acids is 2. The van der Waals surface area contributed by atoms with Crippen LogP contribution in [-0.2, 0) is 20.9 Å². The highest BCUT2D eigenvalue weighted by Crippen LogP contribution is 2.27. The van der Waals surface area contributed by atoms with Crippen molar-refractivity contribution in [1.82, 2.24) is 14.5 Å². The van der Waals surface area contributed by atoms with Crippen LogP contribution in [-0.4, -0.2) is 37.9 Å². The number of nitrogens with one attached hydrogen (secondary N) is 1. The number of nitro benzene ring substituents is 1. The van der Waals surface area contributed by atoms with Crippen LogP contribution in [0.5, 0.6) is 0 Å². The molecule has 4 aromatic rings. The molecule has 0 spiro atoms. The lowest BCUT2D eigenvalue weighted by atomic mass is 10.1. The molecule has 2 heterocycles. The second-order valence-corrected chi connectivity index (χ2v) is 7.27. The lowest BCUT2D eigenvalue weighted by Crippen LogP contribution is -2.22. The molecule has 0 bridgehead atoms. The number of ether oxygens (including phenoxy) is 1. The highest BCUT2D eigenvalue weighted by molar-refractivity contribution is 7.14. The third-order valence-electron chi connectivity index (χ3n) is 4.29. The molecule has 4 rings (SSSR count). The van der Waals surface area contributed by atoms with Gasteiger partial charge >= 0.3 is 5.97 Å². The molecule has 10 nitrogen and oxygen atoms in total. The van der Waals surface area contributed by atoms with Crippen LogP contribution < -0.4 is 5.32 Å². The predicted octanol–water partition coefficient (Wildman–Crippen LogP) is 3.25. The molecule has 0 fully saturated rings. The monoisotopic (exact) mass is 437 g/mol. The summed E-state index contributed by atoms with van der Waals surface area (Å²) in [6, 6.07) is 13.4. The fraction of sp³-hybridized carbons (Fsp3) is 0.100. The van der Waals surface area contributed by atoms with Gasteiger partial charge in [-0.3, -0.25) is 25.0 Å². The normalized spacial score (nSPS) is 10.7. The third kappa shape index (κ3) is 4.73. The number of hydrogen-bond donors (Lipinski definition) is 1. The largest absolute Gasteiger partial charge is 0.454 e. The molecular weight excluding hydrogens is 422 g/mol. The molecule has 0 saturated heterocycles. The van der Waals surface area contributed by atoms with E-state index in [0.717, 1.165) is 22.4 Å². The van der Waals surface area contributed by atoms with E-state index >= 15 is 0 Å². The van der Waals surface area contributed by atoms with E-state index in [-0.39, 0.29) is 12.2 Å². The van der Waals surface area contributed by atoms with Gasteiger partial charge in [-0.1, -0.05) is 24.3 Å². The van der Waals surface area contributed by atoms with Crippen molar-refractivity contribution in [3.63, 3.8) is 0 Å². The van der Waals surface area contributed by atoms with Gasteiger partial charge in [-0.05, 0) is 12.1 Å². The number of anilines is 1. The first-order valence-electron chi connectivity index (χ1n) is 9.05. The van der Waals surface area contributed by atoms with E-state index in [9.17, 15) is 19.7 Å². The third-order valence-corrected chi connectivity index (χ3v) is 5.05. The molecule has 0 aliphatic rings. The van der Waals surface area contributed by atoms with Gasteiger partial charge in [-0.15, -0.1) is 11.3 Å². The Bertz CT molecular complexity index is 1280. The van der Waals surface area contributed by atoms with Gasteiger partial charge in [0.1, 0.15) is 6.54 Å². The summed E-state index contributed by atoms with van der Waals surface area (Å²) in [5, 5.41) is 15.4. The summed E-state index contributed by atoms with van der Waals surface area (Å²) in [5.41, 5.74) is 2.56. The SMILES string of the molecule is O=C(COC(=O)Cn1cnc2ccccc21)Nc1nc(-c2cccc([N+](=O)[O-])c2)cs1. The van der Waals surface area contributed by atoms with Crippen LogP contribution in [0.3, 0.4) is 0 Å². The number of benzene rings is 2. The second kappa shape index (κ2) is 8.71. The molecule has 0 radical (unpaired) electrons.